The van der Waals surface area contributed by atoms with Crippen LogP contribution in [0.1, 0.15) is 31.1 Å². The number of ether oxygens (including phenoxy) is 1. The van der Waals surface area contributed by atoms with Gasteiger partial charge in [0.25, 0.3) is 0 Å². The van der Waals surface area contributed by atoms with Gasteiger partial charge in [-0.2, -0.15) is 5.26 Å². The fourth-order valence-corrected chi connectivity index (χ4v) is 1.68. The molecular weight excluding hydrogens is 214 g/mol. The van der Waals surface area contributed by atoms with Crippen LogP contribution in [0, 0.1) is 17.2 Å². The molecular formula is C14H19NO2. The zero-order chi connectivity index (χ0) is 12.7. The van der Waals surface area contributed by atoms with Crippen LogP contribution in [0.15, 0.2) is 24.3 Å². The Morgan fingerprint density at radius 3 is 2.41 bits per heavy atom. The van der Waals surface area contributed by atoms with E-state index in [9.17, 15) is 0 Å². The lowest BCUT2D eigenvalue weighted by atomic mass is 10.0. The highest BCUT2D eigenvalue weighted by Crippen LogP contribution is 2.18. The largest absolute Gasteiger partial charge is 0.394 e. The summed E-state index contributed by atoms with van der Waals surface area (Å²) in [6.45, 7) is 4.47. The monoisotopic (exact) mass is 233 g/mol. The van der Waals surface area contributed by atoms with Gasteiger partial charge in [-0.15, -0.1) is 0 Å². The molecule has 1 aromatic rings. The average molecular weight is 233 g/mol. The van der Waals surface area contributed by atoms with Crippen molar-refractivity contribution in [3.05, 3.63) is 35.4 Å². The topological polar surface area (TPSA) is 53.2 Å². The van der Waals surface area contributed by atoms with E-state index in [2.05, 4.69) is 19.9 Å². The van der Waals surface area contributed by atoms with Gasteiger partial charge in [-0.25, -0.2) is 0 Å². The Hall–Kier alpha value is -1.37. The van der Waals surface area contributed by atoms with Crippen LogP contribution in [-0.4, -0.2) is 18.3 Å². The van der Waals surface area contributed by atoms with E-state index in [0.29, 0.717) is 5.92 Å². The van der Waals surface area contributed by atoms with Gasteiger partial charge in [0.1, 0.15) is 0 Å². The van der Waals surface area contributed by atoms with E-state index in [4.69, 9.17) is 15.1 Å². The highest BCUT2D eigenvalue weighted by Gasteiger charge is 2.10. The summed E-state index contributed by atoms with van der Waals surface area (Å²) >= 11 is 0. The van der Waals surface area contributed by atoms with Gasteiger partial charge in [-0.1, -0.05) is 38.1 Å². The molecule has 1 atom stereocenters. The van der Waals surface area contributed by atoms with E-state index >= 15 is 0 Å². The Labute approximate surface area is 103 Å². The van der Waals surface area contributed by atoms with Gasteiger partial charge in [0.2, 0.25) is 0 Å². The molecule has 0 saturated heterocycles. The highest BCUT2D eigenvalue weighted by atomic mass is 16.5. The quantitative estimate of drug-likeness (QED) is 0.821. The first kappa shape index (κ1) is 13.7. The molecule has 1 rings (SSSR count). The molecule has 0 amide bonds. The van der Waals surface area contributed by atoms with Crippen LogP contribution >= 0.6 is 0 Å². The smallest absolute Gasteiger partial charge is 0.169 e. The molecule has 0 aromatic heterocycles. The number of nitrogens with zero attached hydrogens (tertiary/aromatic N) is 1. The fraction of sp³-hybridized carbons (Fsp3) is 0.500. The van der Waals surface area contributed by atoms with E-state index < -0.39 is 6.10 Å². The van der Waals surface area contributed by atoms with Crippen LogP contribution in [0.5, 0.6) is 0 Å². The minimum absolute atomic E-state index is 0.0659. The Morgan fingerprint density at radius 1 is 1.29 bits per heavy atom. The normalized spacial score (nSPS) is 12.4. The number of aliphatic hydroxyl groups is 1. The average Bonchev–Trinajstić information content (AvgIpc) is 2.31. The lowest BCUT2D eigenvalue weighted by Gasteiger charge is -2.11. The van der Waals surface area contributed by atoms with Crippen LogP contribution in [0.4, 0.5) is 0 Å². The molecule has 3 nitrogen and oxygen atoms in total. The third-order valence-corrected chi connectivity index (χ3v) is 2.42. The van der Waals surface area contributed by atoms with Crippen molar-refractivity contribution in [1.29, 1.82) is 5.26 Å². The molecule has 0 aliphatic heterocycles. The van der Waals surface area contributed by atoms with Gasteiger partial charge in [-0.05, 0) is 23.5 Å². The first-order valence-electron chi connectivity index (χ1n) is 5.88. The standard InChI is InChI=1S/C14H19NO2/c1-11(2)9-12-3-5-13(6-4-12)14(10-15)17-8-7-16/h3-6,11,14,16H,7-9H2,1-2H3. The van der Waals surface area contributed by atoms with E-state index in [1.54, 1.807) is 0 Å². The molecule has 0 radical (unpaired) electrons. The third-order valence-electron chi connectivity index (χ3n) is 2.42. The minimum Gasteiger partial charge on any atom is -0.394 e. The molecule has 0 aliphatic rings. The highest BCUT2D eigenvalue weighted by molar-refractivity contribution is 5.27. The fourth-order valence-electron chi connectivity index (χ4n) is 1.68. The van der Waals surface area contributed by atoms with Gasteiger partial charge in [-0.3, -0.25) is 0 Å². The number of nitriles is 1. The molecule has 92 valence electrons. The molecule has 1 aromatic carbocycles. The first-order chi connectivity index (χ1) is 8.17. The molecule has 1 N–H and O–H groups in total. The maximum Gasteiger partial charge on any atom is 0.169 e. The number of benzene rings is 1. The summed E-state index contributed by atoms with van der Waals surface area (Å²) in [6, 6.07) is 9.98. The van der Waals surface area contributed by atoms with Crippen molar-refractivity contribution in [2.24, 2.45) is 5.92 Å². The van der Waals surface area contributed by atoms with Crippen molar-refractivity contribution in [2.45, 2.75) is 26.4 Å². The van der Waals surface area contributed by atoms with Crippen molar-refractivity contribution in [3.63, 3.8) is 0 Å². The van der Waals surface area contributed by atoms with Gasteiger partial charge in [0.15, 0.2) is 6.10 Å². The second-order valence-corrected chi connectivity index (χ2v) is 4.44. The molecule has 0 bridgehead atoms. The zero-order valence-electron chi connectivity index (χ0n) is 10.4. The lowest BCUT2D eigenvalue weighted by molar-refractivity contribution is 0.0581. The second-order valence-electron chi connectivity index (χ2n) is 4.44. The molecule has 0 heterocycles. The second kappa shape index (κ2) is 7.05. The van der Waals surface area contributed by atoms with Crippen molar-refractivity contribution in [2.75, 3.05) is 13.2 Å². The summed E-state index contributed by atoms with van der Waals surface area (Å²) < 4.78 is 5.24. The Kier molecular flexibility index (Phi) is 5.68. The van der Waals surface area contributed by atoms with E-state index in [-0.39, 0.29) is 13.2 Å². The first-order valence-corrected chi connectivity index (χ1v) is 5.88. The summed E-state index contributed by atoms with van der Waals surface area (Å²) in [5.41, 5.74) is 2.11. The Bertz CT molecular complexity index is 365. The van der Waals surface area contributed by atoms with Crippen LogP contribution in [-0.2, 0) is 11.2 Å². The molecule has 0 fully saturated rings. The molecule has 0 saturated carbocycles. The van der Waals surface area contributed by atoms with Gasteiger partial charge in [0.05, 0.1) is 19.3 Å². The van der Waals surface area contributed by atoms with Gasteiger partial charge < -0.3 is 9.84 Å². The number of aliphatic hydroxyl groups excluding tert-OH is 1. The van der Waals surface area contributed by atoms with E-state index in [1.807, 2.05) is 24.3 Å². The van der Waals surface area contributed by atoms with Crippen molar-refractivity contribution < 1.29 is 9.84 Å². The number of hydrogen-bond acceptors (Lipinski definition) is 3. The van der Waals surface area contributed by atoms with Crippen LogP contribution in [0.25, 0.3) is 0 Å². The summed E-state index contributed by atoms with van der Waals surface area (Å²) in [6.07, 6.45) is 0.449. The van der Waals surface area contributed by atoms with Crippen molar-refractivity contribution >= 4 is 0 Å². The summed E-state index contributed by atoms with van der Waals surface area (Å²) in [5, 5.41) is 17.6. The zero-order valence-corrected chi connectivity index (χ0v) is 10.4. The van der Waals surface area contributed by atoms with Crippen LogP contribution in [0.2, 0.25) is 0 Å². The maximum atomic E-state index is 8.96. The maximum absolute atomic E-state index is 8.96. The van der Waals surface area contributed by atoms with Crippen LogP contribution < -0.4 is 0 Å². The van der Waals surface area contributed by atoms with E-state index in [1.165, 1.54) is 5.56 Å². The number of rotatable bonds is 6. The molecule has 0 spiro atoms. The van der Waals surface area contributed by atoms with Crippen molar-refractivity contribution in [1.82, 2.24) is 0 Å². The predicted molar refractivity (Wildman–Crippen MR) is 66.4 cm³/mol. The summed E-state index contributed by atoms with van der Waals surface area (Å²) in [7, 11) is 0. The molecule has 1 unspecified atom stereocenters. The van der Waals surface area contributed by atoms with Crippen molar-refractivity contribution in [3.8, 4) is 6.07 Å². The van der Waals surface area contributed by atoms with E-state index in [0.717, 1.165) is 12.0 Å². The number of hydrogen-bond donors (Lipinski definition) is 1. The van der Waals surface area contributed by atoms with Gasteiger partial charge in [0, 0.05) is 0 Å². The van der Waals surface area contributed by atoms with Gasteiger partial charge >= 0.3 is 0 Å². The predicted octanol–water partition coefficient (Wildman–Crippen LogP) is 2.46. The van der Waals surface area contributed by atoms with Crippen LogP contribution in [0.3, 0.4) is 0 Å². The molecule has 0 aliphatic carbocycles. The Balaban J connectivity index is 2.68. The summed E-state index contributed by atoms with van der Waals surface area (Å²) in [4.78, 5) is 0. The summed E-state index contributed by atoms with van der Waals surface area (Å²) in [5.74, 6) is 0.623. The lowest BCUT2D eigenvalue weighted by Crippen LogP contribution is -2.06. The SMILES string of the molecule is CC(C)Cc1ccc(C(C#N)OCCO)cc1. The molecule has 17 heavy (non-hydrogen) atoms. The Morgan fingerprint density at radius 2 is 1.94 bits per heavy atom. The third kappa shape index (κ3) is 4.56. The molecule has 3 heteroatoms. The minimum atomic E-state index is -0.588.